The van der Waals surface area contributed by atoms with Crippen LogP contribution in [-0.2, 0) is 11.2 Å². The normalized spacial score (nSPS) is 12.0. The van der Waals surface area contributed by atoms with Crippen molar-refractivity contribution < 1.29 is 13.7 Å². The minimum Gasteiger partial charge on any atom is -0.606 e. The van der Waals surface area contributed by atoms with Crippen LogP contribution in [0.25, 0.3) is 33.1 Å². The minimum atomic E-state index is -1.46. The van der Waals surface area contributed by atoms with E-state index in [0.717, 1.165) is 22.0 Å². The summed E-state index contributed by atoms with van der Waals surface area (Å²) in [7, 11) is 1.56. The van der Waals surface area contributed by atoms with Crippen LogP contribution in [0.4, 0.5) is 15.9 Å². The molecule has 0 saturated heterocycles. The zero-order chi connectivity index (χ0) is 26.1. The molecule has 9 heteroatoms. The maximum absolute atomic E-state index is 13.4. The lowest BCUT2D eigenvalue weighted by Gasteiger charge is -2.13. The summed E-state index contributed by atoms with van der Waals surface area (Å²) in [6, 6.07) is 24.8. The lowest BCUT2D eigenvalue weighted by atomic mass is 10.0. The molecule has 0 fully saturated rings. The monoisotopic (exact) mass is 521 g/mol. The predicted octanol–water partition coefficient (Wildman–Crippen LogP) is 6.30. The van der Waals surface area contributed by atoms with Crippen molar-refractivity contribution in [2.45, 2.75) is 9.79 Å². The van der Waals surface area contributed by atoms with Crippen molar-refractivity contribution >= 4 is 44.5 Å². The van der Waals surface area contributed by atoms with E-state index in [2.05, 4.69) is 25.5 Å². The summed E-state index contributed by atoms with van der Waals surface area (Å²) >= 11 is -1.46. The number of hydrogen-bond acceptors (Lipinski definition) is 7. The van der Waals surface area contributed by atoms with Crippen molar-refractivity contribution in [1.29, 1.82) is 0 Å². The standard InChI is InChI=1S/C29H20FN5O2S/c1-37-21-16-25-28(32-17-21)26(14-15-31-25)38(36)22-12-10-20(11-13-22)33-29-24-5-3-2-4-23(24)27(34-35-29)18-6-8-19(30)9-7-18/h2-17H,1H3,(H,33,35). The van der Waals surface area contributed by atoms with E-state index in [0.29, 0.717) is 38.1 Å². The second-order valence-electron chi connectivity index (χ2n) is 8.42. The topological polar surface area (TPSA) is 95.9 Å². The van der Waals surface area contributed by atoms with Crippen LogP contribution in [0.5, 0.6) is 5.75 Å². The van der Waals surface area contributed by atoms with E-state index < -0.39 is 11.2 Å². The zero-order valence-corrected chi connectivity index (χ0v) is 20.9. The third-order valence-corrected chi connectivity index (χ3v) is 7.52. The number of rotatable bonds is 6. The van der Waals surface area contributed by atoms with Gasteiger partial charge < -0.3 is 14.6 Å². The molecule has 186 valence electrons. The van der Waals surface area contributed by atoms with Gasteiger partial charge in [0.1, 0.15) is 22.8 Å². The molecule has 7 nitrogen and oxygen atoms in total. The number of ether oxygens (including phenoxy) is 1. The van der Waals surface area contributed by atoms with Crippen LogP contribution >= 0.6 is 0 Å². The summed E-state index contributed by atoms with van der Waals surface area (Å²) in [5, 5.41) is 13.9. The Hall–Kier alpha value is -4.60. The average molecular weight is 522 g/mol. The van der Waals surface area contributed by atoms with E-state index in [4.69, 9.17) is 4.74 Å². The lowest BCUT2D eigenvalue weighted by Crippen LogP contribution is -2.05. The second-order valence-corrected chi connectivity index (χ2v) is 9.87. The molecule has 3 aromatic carbocycles. The van der Waals surface area contributed by atoms with Gasteiger partial charge in [-0.15, -0.1) is 10.2 Å². The van der Waals surface area contributed by atoms with Crippen molar-refractivity contribution in [3.63, 3.8) is 0 Å². The average Bonchev–Trinajstić information content (AvgIpc) is 2.97. The third kappa shape index (κ3) is 4.49. The maximum atomic E-state index is 13.4. The van der Waals surface area contributed by atoms with E-state index in [1.54, 1.807) is 55.9 Å². The molecule has 0 bridgehead atoms. The first-order chi connectivity index (χ1) is 18.6. The summed E-state index contributed by atoms with van der Waals surface area (Å²) < 4.78 is 32.0. The van der Waals surface area contributed by atoms with E-state index in [-0.39, 0.29) is 5.82 Å². The fraction of sp³-hybridized carbons (Fsp3) is 0.0345. The number of methoxy groups -OCH3 is 1. The molecule has 38 heavy (non-hydrogen) atoms. The van der Waals surface area contributed by atoms with E-state index >= 15 is 0 Å². The van der Waals surface area contributed by atoms with Gasteiger partial charge in [-0.3, -0.25) is 4.98 Å². The molecule has 0 aliphatic rings. The maximum Gasteiger partial charge on any atom is 0.187 e. The molecule has 1 N–H and O–H groups in total. The zero-order valence-electron chi connectivity index (χ0n) is 20.1. The highest BCUT2D eigenvalue weighted by Crippen LogP contribution is 2.32. The molecular formula is C29H20FN5O2S. The number of pyridine rings is 2. The molecule has 1 atom stereocenters. The van der Waals surface area contributed by atoms with Crippen molar-refractivity contribution in [3.8, 4) is 17.0 Å². The first-order valence-electron chi connectivity index (χ1n) is 11.7. The molecule has 3 aromatic heterocycles. The molecule has 0 saturated carbocycles. The van der Waals surface area contributed by atoms with Crippen LogP contribution in [0.2, 0.25) is 0 Å². The molecular weight excluding hydrogens is 501 g/mol. The number of fused-ring (bicyclic) bond motifs is 2. The summed E-state index contributed by atoms with van der Waals surface area (Å²) in [5.41, 5.74) is 3.40. The Labute approximate surface area is 220 Å². The van der Waals surface area contributed by atoms with Crippen LogP contribution in [-0.4, -0.2) is 31.8 Å². The van der Waals surface area contributed by atoms with Crippen molar-refractivity contribution in [3.05, 3.63) is 103 Å². The van der Waals surface area contributed by atoms with E-state index in [1.807, 2.05) is 36.4 Å². The van der Waals surface area contributed by atoms with Crippen molar-refractivity contribution in [2.75, 3.05) is 12.4 Å². The van der Waals surface area contributed by atoms with Gasteiger partial charge in [0.05, 0.1) is 18.8 Å². The van der Waals surface area contributed by atoms with Crippen molar-refractivity contribution in [2.24, 2.45) is 0 Å². The van der Waals surface area contributed by atoms with Gasteiger partial charge >= 0.3 is 0 Å². The molecule has 6 aromatic rings. The van der Waals surface area contributed by atoms with Crippen molar-refractivity contribution in [1.82, 2.24) is 20.2 Å². The van der Waals surface area contributed by atoms with Gasteiger partial charge in [-0.2, -0.15) is 0 Å². The number of nitrogens with one attached hydrogen (secondary N) is 1. The number of halogens is 1. The largest absolute Gasteiger partial charge is 0.606 e. The highest BCUT2D eigenvalue weighted by molar-refractivity contribution is 7.91. The second kappa shape index (κ2) is 10.0. The fourth-order valence-corrected chi connectivity index (χ4v) is 5.35. The van der Waals surface area contributed by atoms with Crippen LogP contribution in [0.1, 0.15) is 0 Å². The Balaban J connectivity index is 1.29. The van der Waals surface area contributed by atoms with E-state index in [9.17, 15) is 8.94 Å². The van der Waals surface area contributed by atoms with Gasteiger partial charge in [0.15, 0.2) is 15.6 Å². The Morgan fingerprint density at radius 2 is 1.63 bits per heavy atom. The van der Waals surface area contributed by atoms with Gasteiger partial charge in [0, 0.05) is 51.5 Å². The highest BCUT2D eigenvalue weighted by Gasteiger charge is 2.20. The summed E-state index contributed by atoms with van der Waals surface area (Å²) in [4.78, 5) is 9.94. The smallest absolute Gasteiger partial charge is 0.187 e. The summed E-state index contributed by atoms with van der Waals surface area (Å²) in [6.45, 7) is 0. The van der Waals surface area contributed by atoms with Gasteiger partial charge in [-0.25, -0.2) is 9.37 Å². The molecule has 0 spiro atoms. The van der Waals surface area contributed by atoms with Crippen LogP contribution in [0.3, 0.4) is 0 Å². The SMILES string of the molecule is COc1cnc2c([S+]([O-])c3ccc(Nc4nnc(-c5ccc(F)cc5)c5ccccc45)cc3)ccnc2c1. The molecule has 0 amide bonds. The number of anilines is 2. The Morgan fingerprint density at radius 1 is 0.868 bits per heavy atom. The predicted molar refractivity (Wildman–Crippen MR) is 145 cm³/mol. The van der Waals surface area contributed by atoms with Gasteiger partial charge in [-0.05, 0) is 48.5 Å². The molecule has 0 aliphatic heterocycles. The van der Waals surface area contributed by atoms with E-state index in [1.165, 1.54) is 12.1 Å². The summed E-state index contributed by atoms with van der Waals surface area (Å²) in [5.74, 6) is 0.866. The first-order valence-corrected chi connectivity index (χ1v) is 12.8. The number of aromatic nitrogens is 4. The summed E-state index contributed by atoms with van der Waals surface area (Å²) in [6.07, 6.45) is 3.20. The van der Waals surface area contributed by atoms with Gasteiger partial charge in [0.25, 0.3) is 0 Å². The number of benzene rings is 3. The molecule has 3 heterocycles. The Kier molecular flexibility index (Phi) is 6.28. The third-order valence-electron chi connectivity index (χ3n) is 6.09. The van der Waals surface area contributed by atoms with Gasteiger partial charge in [0.2, 0.25) is 0 Å². The van der Waals surface area contributed by atoms with Crippen LogP contribution in [0, 0.1) is 5.82 Å². The lowest BCUT2D eigenvalue weighted by molar-refractivity contribution is 0.413. The van der Waals surface area contributed by atoms with Gasteiger partial charge in [-0.1, -0.05) is 24.3 Å². The highest BCUT2D eigenvalue weighted by atomic mass is 32.2. The quantitative estimate of drug-likeness (QED) is 0.257. The minimum absolute atomic E-state index is 0.303. The number of nitrogens with zero attached hydrogens (tertiary/aromatic N) is 4. The molecule has 0 radical (unpaired) electrons. The Morgan fingerprint density at radius 3 is 2.39 bits per heavy atom. The molecule has 1 unspecified atom stereocenters. The Bertz CT molecular complexity index is 1760. The fourth-order valence-electron chi connectivity index (χ4n) is 4.19. The van der Waals surface area contributed by atoms with Crippen LogP contribution in [0.15, 0.2) is 107 Å². The first kappa shape index (κ1) is 23.8. The van der Waals surface area contributed by atoms with Crippen LogP contribution < -0.4 is 10.1 Å². The molecule has 6 rings (SSSR count). The number of hydrogen-bond donors (Lipinski definition) is 1. The molecule has 0 aliphatic carbocycles.